The zero-order chi connectivity index (χ0) is 14.8. The van der Waals surface area contributed by atoms with Gasteiger partial charge in [-0.2, -0.15) is 0 Å². The van der Waals surface area contributed by atoms with E-state index in [1.807, 2.05) is 20.8 Å². The zero-order valence-electron chi connectivity index (χ0n) is 11.5. The van der Waals surface area contributed by atoms with Crippen LogP contribution < -0.4 is 0 Å². The van der Waals surface area contributed by atoms with Crippen molar-refractivity contribution in [1.82, 2.24) is 9.80 Å². The molecule has 0 radical (unpaired) electrons. The molecule has 0 aliphatic carbocycles. The second-order valence-corrected chi connectivity index (χ2v) is 5.79. The Labute approximate surface area is 112 Å². The number of hydrogen-bond donors (Lipinski definition) is 3. The quantitative estimate of drug-likeness (QED) is 0.657. The Bertz CT molecular complexity index is 343. The van der Waals surface area contributed by atoms with E-state index in [4.69, 9.17) is 5.11 Å². The molecule has 0 bridgehead atoms. The number of carboxylic acid groups (broad SMARTS) is 1. The van der Waals surface area contributed by atoms with Crippen LogP contribution in [0.2, 0.25) is 0 Å². The Hall–Kier alpha value is -1.34. The van der Waals surface area contributed by atoms with E-state index in [-0.39, 0.29) is 32.1 Å². The predicted molar refractivity (Wildman–Crippen MR) is 67.7 cm³/mol. The number of carbonyl (C=O) groups excluding carboxylic acids is 1. The Balaban J connectivity index is 2.75. The van der Waals surface area contributed by atoms with Crippen molar-refractivity contribution in [3.63, 3.8) is 0 Å². The summed E-state index contributed by atoms with van der Waals surface area (Å²) in [6, 6.07) is -0.357. The molecular weight excluding hydrogens is 252 g/mol. The number of amides is 2. The largest absolute Gasteiger partial charge is 0.481 e. The number of nitrogens with zero attached hydrogens (tertiary/aromatic N) is 2. The lowest BCUT2D eigenvalue weighted by Gasteiger charge is -2.38. The number of urea groups is 1. The Morgan fingerprint density at radius 2 is 1.68 bits per heavy atom. The van der Waals surface area contributed by atoms with Crippen molar-refractivity contribution in [2.75, 3.05) is 19.6 Å². The molecule has 1 aliphatic rings. The highest BCUT2D eigenvalue weighted by Gasteiger charge is 2.37. The van der Waals surface area contributed by atoms with E-state index in [2.05, 4.69) is 0 Å². The monoisotopic (exact) mass is 274 g/mol. The maximum atomic E-state index is 12.3. The molecule has 110 valence electrons. The molecule has 2 amide bonds. The first-order valence-electron chi connectivity index (χ1n) is 6.27. The third kappa shape index (κ3) is 4.07. The topological polar surface area (TPSA) is 101 Å². The molecule has 19 heavy (non-hydrogen) atoms. The predicted octanol–water partition coefficient (Wildman–Crippen LogP) is -0.281. The van der Waals surface area contributed by atoms with E-state index >= 15 is 0 Å². The van der Waals surface area contributed by atoms with Gasteiger partial charge in [-0.1, -0.05) is 0 Å². The van der Waals surface area contributed by atoms with Crippen molar-refractivity contribution in [2.24, 2.45) is 0 Å². The number of carbonyl (C=O) groups is 2. The van der Waals surface area contributed by atoms with Gasteiger partial charge in [0.2, 0.25) is 0 Å². The Kier molecular flexibility index (Phi) is 4.75. The molecule has 1 rings (SSSR count). The molecule has 7 nitrogen and oxygen atoms in total. The van der Waals surface area contributed by atoms with Gasteiger partial charge in [-0.25, -0.2) is 4.79 Å². The maximum absolute atomic E-state index is 12.3. The smallest absolute Gasteiger partial charge is 0.320 e. The minimum absolute atomic E-state index is 0.0691. The van der Waals surface area contributed by atoms with E-state index in [0.717, 1.165) is 0 Å². The summed E-state index contributed by atoms with van der Waals surface area (Å²) in [5.41, 5.74) is -0.523. The molecule has 3 N–H and O–H groups in total. The molecule has 0 aromatic carbocycles. The van der Waals surface area contributed by atoms with Gasteiger partial charge in [-0.15, -0.1) is 0 Å². The van der Waals surface area contributed by atoms with Crippen molar-refractivity contribution < 1.29 is 24.9 Å². The van der Waals surface area contributed by atoms with Crippen LogP contribution in [-0.2, 0) is 4.79 Å². The first-order valence-corrected chi connectivity index (χ1v) is 6.27. The third-order valence-electron chi connectivity index (χ3n) is 3.12. The fourth-order valence-corrected chi connectivity index (χ4v) is 2.02. The Morgan fingerprint density at radius 3 is 2.05 bits per heavy atom. The zero-order valence-corrected chi connectivity index (χ0v) is 11.5. The summed E-state index contributed by atoms with van der Waals surface area (Å²) in [7, 11) is 0. The van der Waals surface area contributed by atoms with Gasteiger partial charge in [-0.05, 0) is 20.8 Å². The summed E-state index contributed by atoms with van der Waals surface area (Å²) < 4.78 is 0. The number of aliphatic hydroxyl groups is 2. The highest BCUT2D eigenvalue weighted by molar-refractivity contribution is 5.76. The van der Waals surface area contributed by atoms with E-state index in [9.17, 15) is 19.8 Å². The van der Waals surface area contributed by atoms with Gasteiger partial charge in [0, 0.05) is 12.1 Å². The molecule has 2 atom stereocenters. The van der Waals surface area contributed by atoms with Crippen molar-refractivity contribution in [1.29, 1.82) is 0 Å². The van der Waals surface area contributed by atoms with E-state index in [1.165, 1.54) is 9.80 Å². The summed E-state index contributed by atoms with van der Waals surface area (Å²) in [6.07, 6.45) is -2.02. The van der Waals surface area contributed by atoms with Crippen LogP contribution in [-0.4, -0.2) is 74.5 Å². The molecule has 1 fully saturated rings. The van der Waals surface area contributed by atoms with Crippen molar-refractivity contribution in [3.05, 3.63) is 0 Å². The minimum Gasteiger partial charge on any atom is -0.481 e. The third-order valence-corrected chi connectivity index (χ3v) is 3.12. The summed E-state index contributed by atoms with van der Waals surface area (Å²) in [6.45, 7) is 5.68. The molecule has 2 unspecified atom stereocenters. The van der Waals surface area contributed by atoms with Crippen molar-refractivity contribution in [3.8, 4) is 0 Å². The molecule has 1 heterocycles. The number of rotatable bonds is 3. The van der Waals surface area contributed by atoms with Crippen LogP contribution in [0.4, 0.5) is 4.79 Å². The van der Waals surface area contributed by atoms with Crippen LogP contribution in [0, 0.1) is 0 Å². The lowest BCUT2D eigenvalue weighted by Crippen LogP contribution is -2.52. The number of aliphatic hydroxyl groups excluding tert-OH is 2. The standard InChI is InChI=1S/C12H22N2O5/c1-12(2,3)14(5-4-10(17)18)11(19)13-6-8(15)9(16)7-13/h8-9,15-16H,4-7H2,1-3H3,(H,17,18). The highest BCUT2D eigenvalue weighted by atomic mass is 16.4. The van der Waals surface area contributed by atoms with Crippen molar-refractivity contribution >= 4 is 12.0 Å². The number of likely N-dealkylation sites (tertiary alicyclic amines) is 1. The molecule has 0 aromatic heterocycles. The molecule has 0 saturated carbocycles. The number of carboxylic acids is 1. The van der Waals surface area contributed by atoms with Crippen LogP contribution >= 0.6 is 0 Å². The van der Waals surface area contributed by atoms with Crippen LogP contribution in [0.5, 0.6) is 0 Å². The van der Waals surface area contributed by atoms with Crippen molar-refractivity contribution in [2.45, 2.75) is 44.9 Å². The van der Waals surface area contributed by atoms with E-state index in [1.54, 1.807) is 0 Å². The summed E-state index contributed by atoms with van der Waals surface area (Å²) in [4.78, 5) is 25.8. The lowest BCUT2D eigenvalue weighted by atomic mass is 10.1. The molecule has 1 saturated heterocycles. The van der Waals surface area contributed by atoms with Crippen LogP contribution in [0.3, 0.4) is 0 Å². The average molecular weight is 274 g/mol. The maximum Gasteiger partial charge on any atom is 0.320 e. The highest BCUT2D eigenvalue weighted by Crippen LogP contribution is 2.19. The number of β-amino-alcohol motifs (C(OH)–C–C–N with tert-alkyl or cyclic N) is 2. The van der Waals surface area contributed by atoms with E-state index in [0.29, 0.717) is 0 Å². The first-order chi connectivity index (χ1) is 8.62. The first kappa shape index (κ1) is 15.7. The second-order valence-electron chi connectivity index (χ2n) is 5.79. The molecule has 0 spiro atoms. The average Bonchev–Trinajstić information content (AvgIpc) is 2.57. The van der Waals surface area contributed by atoms with Gasteiger partial charge >= 0.3 is 12.0 Å². The summed E-state index contributed by atoms with van der Waals surface area (Å²) in [5, 5.41) is 27.7. The van der Waals surface area contributed by atoms with Crippen LogP contribution in [0.25, 0.3) is 0 Å². The van der Waals surface area contributed by atoms with Gasteiger partial charge in [0.05, 0.1) is 31.7 Å². The van der Waals surface area contributed by atoms with Gasteiger partial charge < -0.3 is 25.1 Å². The fraction of sp³-hybridized carbons (Fsp3) is 0.833. The molecule has 7 heteroatoms. The van der Waals surface area contributed by atoms with E-state index < -0.39 is 23.7 Å². The SMILES string of the molecule is CC(C)(C)N(CCC(=O)O)C(=O)N1CC(O)C(O)C1. The van der Waals surface area contributed by atoms with Crippen LogP contribution in [0.1, 0.15) is 27.2 Å². The normalized spacial score (nSPS) is 23.5. The Morgan fingerprint density at radius 1 is 1.21 bits per heavy atom. The number of aliphatic carboxylic acids is 1. The van der Waals surface area contributed by atoms with Gasteiger partial charge in [-0.3, -0.25) is 4.79 Å². The molecular formula is C12H22N2O5. The fourth-order valence-electron chi connectivity index (χ4n) is 2.02. The van der Waals surface area contributed by atoms with Gasteiger partial charge in [0.1, 0.15) is 0 Å². The van der Waals surface area contributed by atoms with Crippen LogP contribution in [0.15, 0.2) is 0 Å². The summed E-state index contributed by atoms with van der Waals surface area (Å²) >= 11 is 0. The lowest BCUT2D eigenvalue weighted by molar-refractivity contribution is -0.137. The number of hydrogen-bond acceptors (Lipinski definition) is 4. The minimum atomic E-state index is -0.969. The van der Waals surface area contributed by atoms with Gasteiger partial charge in [0.15, 0.2) is 0 Å². The second kappa shape index (κ2) is 5.75. The summed E-state index contributed by atoms with van der Waals surface area (Å²) in [5.74, 6) is -0.969. The van der Waals surface area contributed by atoms with Gasteiger partial charge in [0.25, 0.3) is 0 Å². The molecule has 0 aromatic rings. The molecule has 1 aliphatic heterocycles.